The zero-order chi connectivity index (χ0) is 16.8. The minimum absolute atomic E-state index is 0.0192. The summed E-state index contributed by atoms with van der Waals surface area (Å²) in [5.74, 6) is 1.91. The van der Waals surface area contributed by atoms with Crippen LogP contribution < -0.4 is 9.80 Å². The fraction of sp³-hybridized carbons (Fsp3) is 0.625. The third-order valence-electron chi connectivity index (χ3n) is 5.28. The van der Waals surface area contributed by atoms with E-state index in [9.17, 15) is 10.1 Å². The summed E-state index contributed by atoms with van der Waals surface area (Å²) < 4.78 is 1.67. The Balaban J connectivity index is 1.96. The molecule has 2 aromatic heterocycles. The van der Waals surface area contributed by atoms with Gasteiger partial charge in [-0.2, -0.15) is 9.61 Å². The maximum Gasteiger partial charge on any atom is 0.333 e. The highest BCUT2D eigenvalue weighted by molar-refractivity contribution is 5.73. The Hall–Kier alpha value is -2.38. The molecule has 24 heavy (non-hydrogen) atoms. The molecular weight excluding hydrogens is 308 g/mol. The summed E-state index contributed by atoms with van der Waals surface area (Å²) in [4.78, 5) is 20.3. The summed E-state index contributed by atoms with van der Waals surface area (Å²) in [7, 11) is 0. The van der Waals surface area contributed by atoms with E-state index in [1.807, 2.05) is 0 Å². The predicted molar refractivity (Wildman–Crippen MR) is 91.9 cm³/mol. The van der Waals surface area contributed by atoms with Gasteiger partial charge in [0.2, 0.25) is 5.65 Å². The second-order valence-electron chi connectivity index (χ2n) is 6.65. The van der Waals surface area contributed by atoms with Crippen LogP contribution in [0.25, 0.3) is 5.65 Å². The average Bonchev–Trinajstić information content (AvgIpc) is 3.29. The molecule has 2 aliphatic heterocycles. The average molecular weight is 330 g/mol. The molecular formula is C16H22N6O2. The molecule has 0 N–H and O–H groups in total. The molecule has 4 heterocycles. The third-order valence-corrected chi connectivity index (χ3v) is 5.28. The van der Waals surface area contributed by atoms with E-state index in [1.54, 1.807) is 4.52 Å². The molecule has 128 valence electrons. The Bertz CT molecular complexity index is 795. The van der Waals surface area contributed by atoms with E-state index in [0.29, 0.717) is 11.7 Å². The van der Waals surface area contributed by atoms with Gasteiger partial charge >= 0.3 is 5.69 Å². The van der Waals surface area contributed by atoms with Gasteiger partial charge in [0.05, 0.1) is 4.92 Å². The number of fused-ring (bicyclic) bond motifs is 3. The molecule has 1 unspecified atom stereocenters. The lowest BCUT2D eigenvalue weighted by molar-refractivity contribution is -0.383. The molecule has 0 amide bonds. The summed E-state index contributed by atoms with van der Waals surface area (Å²) in [5.41, 5.74) is 1.52. The zero-order valence-electron chi connectivity index (χ0n) is 14.1. The second-order valence-corrected chi connectivity index (χ2v) is 6.65. The van der Waals surface area contributed by atoms with Gasteiger partial charge in [-0.1, -0.05) is 6.92 Å². The lowest BCUT2D eigenvalue weighted by atomic mass is 10.2. The Morgan fingerprint density at radius 3 is 2.75 bits per heavy atom. The molecule has 0 aromatic carbocycles. The van der Waals surface area contributed by atoms with E-state index >= 15 is 0 Å². The molecule has 0 radical (unpaired) electrons. The van der Waals surface area contributed by atoms with Crippen molar-refractivity contribution in [2.24, 2.45) is 0 Å². The Labute approximate surface area is 140 Å². The smallest absolute Gasteiger partial charge is 0.333 e. The van der Waals surface area contributed by atoms with Crippen LogP contribution in [0.4, 0.5) is 17.3 Å². The first-order chi connectivity index (χ1) is 11.6. The van der Waals surface area contributed by atoms with E-state index < -0.39 is 4.92 Å². The molecule has 1 fully saturated rings. The highest BCUT2D eigenvalue weighted by atomic mass is 16.6. The number of nitro groups is 1. The summed E-state index contributed by atoms with van der Waals surface area (Å²) in [5, 5.41) is 15.7. The molecule has 1 saturated heterocycles. The van der Waals surface area contributed by atoms with Gasteiger partial charge in [-0.15, -0.1) is 0 Å². The van der Waals surface area contributed by atoms with Crippen molar-refractivity contribution in [3.05, 3.63) is 21.9 Å². The van der Waals surface area contributed by atoms with Gasteiger partial charge in [0.15, 0.2) is 0 Å². The maximum atomic E-state index is 11.4. The van der Waals surface area contributed by atoms with Crippen LogP contribution in [-0.4, -0.2) is 45.2 Å². The van der Waals surface area contributed by atoms with Crippen LogP contribution in [0.1, 0.15) is 38.7 Å². The van der Waals surface area contributed by atoms with Crippen LogP contribution in [0.15, 0.2) is 6.20 Å². The number of hydrogen-bond donors (Lipinski definition) is 0. The normalized spacial score (nSPS) is 18.4. The van der Waals surface area contributed by atoms with Gasteiger partial charge in [0.25, 0.3) is 0 Å². The molecule has 4 rings (SSSR count). The fourth-order valence-electron chi connectivity index (χ4n) is 3.81. The van der Waals surface area contributed by atoms with E-state index in [1.165, 1.54) is 11.8 Å². The van der Waals surface area contributed by atoms with Crippen molar-refractivity contribution < 1.29 is 4.92 Å². The summed E-state index contributed by atoms with van der Waals surface area (Å²) in [6, 6.07) is 0.367. The maximum absolute atomic E-state index is 11.4. The van der Waals surface area contributed by atoms with E-state index in [0.717, 1.165) is 57.0 Å². The zero-order valence-corrected chi connectivity index (χ0v) is 14.1. The molecule has 8 heteroatoms. The highest BCUT2D eigenvalue weighted by Gasteiger charge is 2.34. The number of rotatable bonds is 4. The molecule has 0 spiro atoms. The summed E-state index contributed by atoms with van der Waals surface area (Å²) >= 11 is 0. The van der Waals surface area contributed by atoms with Gasteiger partial charge < -0.3 is 9.80 Å². The fourth-order valence-corrected chi connectivity index (χ4v) is 3.81. The topological polar surface area (TPSA) is 79.8 Å². The molecule has 8 nitrogen and oxygen atoms in total. The van der Waals surface area contributed by atoms with Crippen molar-refractivity contribution in [2.75, 3.05) is 29.4 Å². The molecule has 0 aliphatic carbocycles. The Morgan fingerprint density at radius 2 is 2.08 bits per heavy atom. The van der Waals surface area contributed by atoms with Crippen molar-refractivity contribution in [1.29, 1.82) is 0 Å². The van der Waals surface area contributed by atoms with Crippen molar-refractivity contribution >= 4 is 23.0 Å². The van der Waals surface area contributed by atoms with Gasteiger partial charge in [-0.05, 0) is 32.6 Å². The van der Waals surface area contributed by atoms with Crippen LogP contribution >= 0.6 is 0 Å². The Kier molecular flexibility index (Phi) is 3.54. The first-order valence-corrected chi connectivity index (χ1v) is 8.68. The van der Waals surface area contributed by atoms with Crippen molar-refractivity contribution in [3.8, 4) is 0 Å². The number of nitrogens with zero attached hydrogens (tertiary/aromatic N) is 6. The molecule has 2 aromatic rings. The highest BCUT2D eigenvalue weighted by Crippen LogP contribution is 2.39. The van der Waals surface area contributed by atoms with Crippen LogP contribution in [-0.2, 0) is 6.42 Å². The standard InChI is InChI=1S/C16H22N6O2/c1-3-11(2)20-9-6-12-14(19-7-4-5-8-19)18-15-13(22(23)24)10-17-21(15)16(12)20/h10-11H,3-9H2,1-2H3. The first kappa shape index (κ1) is 15.2. The van der Waals surface area contributed by atoms with Crippen molar-refractivity contribution in [1.82, 2.24) is 14.6 Å². The van der Waals surface area contributed by atoms with Gasteiger partial charge in [0, 0.05) is 31.2 Å². The number of aromatic nitrogens is 3. The van der Waals surface area contributed by atoms with Crippen LogP contribution in [0.5, 0.6) is 0 Å². The first-order valence-electron chi connectivity index (χ1n) is 8.68. The van der Waals surface area contributed by atoms with Crippen LogP contribution in [0, 0.1) is 10.1 Å². The van der Waals surface area contributed by atoms with Crippen LogP contribution in [0.3, 0.4) is 0 Å². The van der Waals surface area contributed by atoms with Gasteiger partial charge in [0.1, 0.15) is 17.8 Å². The SMILES string of the molecule is CCC(C)N1CCc2c(N3CCCC3)nc3c([N+](=O)[O-])cnn3c21. The van der Waals surface area contributed by atoms with Gasteiger partial charge in [-0.3, -0.25) is 10.1 Å². The predicted octanol–water partition coefficient (Wildman–Crippen LogP) is 2.40. The Morgan fingerprint density at radius 1 is 1.33 bits per heavy atom. The van der Waals surface area contributed by atoms with Gasteiger partial charge in [-0.25, -0.2) is 4.98 Å². The number of anilines is 2. The molecule has 1 atom stereocenters. The van der Waals surface area contributed by atoms with Crippen molar-refractivity contribution in [3.63, 3.8) is 0 Å². The third kappa shape index (κ3) is 2.12. The quantitative estimate of drug-likeness (QED) is 0.632. The minimum Gasteiger partial charge on any atom is -0.356 e. The largest absolute Gasteiger partial charge is 0.356 e. The lowest BCUT2D eigenvalue weighted by Gasteiger charge is -2.27. The van der Waals surface area contributed by atoms with Crippen LogP contribution in [0.2, 0.25) is 0 Å². The second kappa shape index (κ2) is 5.61. The monoisotopic (exact) mass is 330 g/mol. The molecule has 2 aliphatic rings. The number of hydrogen-bond acceptors (Lipinski definition) is 6. The summed E-state index contributed by atoms with van der Waals surface area (Å²) in [6.45, 7) is 7.21. The van der Waals surface area contributed by atoms with E-state index in [4.69, 9.17) is 0 Å². The lowest BCUT2D eigenvalue weighted by Crippen LogP contribution is -2.32. The van der Waals surface area contributed by atoms with E-state index in [-0.39, 0.29) is 5.69 Å². The van der Waals surface area contributed by atoms with E-state index in [2.05, 4.69) is 33.7 Å². The van der Waals surface area contributed by atoms with Crippen molar-refractivity contribution in [2.45, 2.75) is 45.6 Å². The molecule has 0 saturated carbocycles. The summed E-state index contributed by atoms with van der Waals surface area (Å²) in [6.07, 6.45) is 5.56. The minimum atomic E-state index is -0.391. The molecule has 0 bridgehead atoms.